The molecule has 43 heavy (non-hydrogen) atoms. The number of nitrogens with one attached hydrogen (secondary N) is 1. The molecule has 0 fully saturated rings. The van der Waals surface area contributed by atoms with Gasteiger partial charge in [0.05, 0.1) is 17.9 Å². The van der Waals surface area contributed by atoms with Crippen LogP contribution in [0.3, 0.4) is 0 Å². The smallest absolute Gasteiger partial charge is 0.247 e. The Morgan fingerprint density at radius 1 is 0.651 bits per heavy atom. The van der Waals surface area contributed by atoms with Crippen molar-refractivity contribution in [1.29, 1.82) is 0 Å². The van der Waals surface area contributed by atoms with E-state index in [0.29, 0.717) is 18.2 Å². The van der Waals surface area contributed by atoms with Crippen molar-refractivity contribution in [2.75, 3.05) is 0 Å². The van der Waals surface area contributed by atoms with E-state index in [2.05, 4.69) is 75.2 Å². The van der Waals surface area contributed by atoms with Gasteiger partial charge in [0.15, 0.2) is 0 Å². The van der Waals surface area contributed by atoms with Gasteiger partial charge < -0.3 is 0 Å². The van der Waals surface area contributed by atoms with Gasteiger partial charge >= 0.3 is 11.4 Å². The third kappa shape index (κ3) is 8.85. The maximum Gasteiger partial charge on any atom is 0.350 e. The van der Waals surface area contributed by atoms with Gasteiger partial charge in [0.1, 0.15) is 11.6 Å². The van der Waals surface area contributed by atoms with Crippen molar-refractivity contribution in [2.45, 2.75) is 25.7 Å². The standard InChI is InChI=1S/C16H14BrN3O.C9H8BrN3O.C7H7Br/c1-12-18-19(11-13-5-3-2-4-6-13)16(21)20(12)15-9-7-14(17)8-10-15;1-6-11-12-9(14)13(6)8-4-2-7(10)3-5-8;8-6-7-4-2-1-3-5-7/h2-10H,11H2,1H3;2-5H,1H3,(H,12,14);1-5H,6H2. The number of aryl methyl sites for hydroxylation is 2. The first-order chi connectivity index (χ1) is 20.8. The van der Waals surface area contributed by atoms with E-state index in [9.17, 15) is 9.59 Å². The van der Waals surface area contributed by atoms with E-state index in [1.807, 2.05) is 104 Å². The van der Waals surface area contributed by atoms with Crippen LogP contribution in [0.1, 0.15) is 22.8 Å². The molecule has 6 rings (SSSR count). The van der Waals surface area contributed by atoms with Gasteiger partial charge in [-0.2, -0.15) is 10.2 Å². The molecule has 0 radical (unpaired) electrons. The van der Waals surface area contributed by atoms with Gasteiger partial charge in [-0.05, 0) is 73.5 Å². The summed E-state index contributed by atoms with van der Waals surface area (Å²) >= 11 is 10.1. The summed E-state index contributed by atoms with van der Waals surface area (Å²) in [5, 5.41) is 11.5. The number of benzene rings is 4. The van der Waals surface area contributed by atoms with Crippen molar-refractivity contribution >= 4 is 47.8 Å². The van der Waals surface area contributed by atoms with Gasteiger partial charge in [0.2, 0.25) is 0 Å². The van der Waals surface area contributed by atoms with E-state index in [1.165, 1.54) is 14.8 Å². The van der Waals surface area contributed by atoms with Crippen LogP contribution in [0.25, 0.3) is 11.4 Å². The highest BCUT2D eigenvalue weighted by Crippen LogP contribution is 2.15. The molecule has 0 saturated heterocycles. The summed E-state index contributed by atoms with van der Waals surface area (Å²) in [6.07, 6.45) is 0. The summed E-state index contributed by atoms with van der Waals surface area (Å²) in [5.74, 6) is 1.33. The number of nitrogens with zero attached hydrogens (tertiary/aromatic N) is 5. The van der Waals surface area contributed by atoms with Crippen LogP contribution in [0, 0.1) is 13.8 Å². The molecule has 1 N–H and O–H groups in total. The Kier molecular flexibility index (Phi) is 11.7. The largest absolute Gasteiger partial charge is 0.350 e. The van der Waals surface area contributed by atoms with E-state index in [0.717, 1.165) is 31.2 Å². The lowest BCUT2D eigenvalue weighted by atomic mass is 10.2. The maximum absolute atomic E-state index is 12.5. The molecular weight excluding hydrogens is 740 g/mol. The van der Waals surface area contributed by atoms with Crippen LogP contribution < -0.4 is 11.4 Å². The molecule has 0 aliphatic rings. The van der Waals surface area contributed by atoms with Crippen LogP contribution in [-0.2, 0) is 11.9 Å². The molecule has 0 unspecified atom stereocenters. The SMILES string of the molecule is BrCc1ccccc1.Cc1n[nH]c(=O)n1-c1ccc(Br)cc1.Cc1nn(Cc2ccccc2)c(=O)n1-c1ccc(Br)cc1. The zero-order valence-electron chi connectivity index (χ0n) is 23.5. The molecule has 0 aliphatic carbocycles. The number of alkyl halides is 1. The first-order valence-electron chi connectivity index (χ1n) is 13.2. The van der Waals surface area contributed by atoms with Gasteiger partial charge in [0, 0.05) is 14.3 Å². The van der Waals surface area contributed by atoms with Crippen molar-refractivity contribution in [3.63, 3.8) is 0 Å². The summed E-state index contributed by atoms with van der Waals surface area (Å²) in [6, 6.07) is 35.2. The number of hydrogen-bond acceptors (Lipinski definition) is 4. The molecule has 4 aromatic carbocycles. The van der Waals surface area contributed by atoms with E-state index in [4.69, 9.17) is 0 Å². The van der Waals surface area contributed by atoms with Gasteiger partial charge in [-0.3, -0.25) is 0 Å². The topological polar surface area (TPSA) is 90.5 Å². The summed E-state index contributed by atoms with van der Waals surface area (Å²) in [5.41, 5.74) is 3.67. The Morgan fingerprint density at radius 2 is 1.14 bits per heavy atom. The highest BCUT2D eigenvalue weighted by Gasteiger charge is 2.12. The van der Waals surface area contributed by atoms with E-state index >= 15 is 0 Å². The predicted molar refractivity (Wildman–Crippen MR) is 181 cm³/mol. The lowest BCUT2D eigenvalue weighted by molar-refractivity contribution is 0.651. The average Bonchev–Trinajstić information content (AvgIpc) is 3.51. The number of aromatic nitrogens is 6. The Balaban J connectivity index is 0.000000165. The molecule has 8 nitrogen and oxygen atoms in total. The highest BCUT2D eigenvalue weighted by molar-refractivity contribution is 9.10. The number of halogens is 3. The second-order valence-corrected chi connectivity index (χ2v) is 11.7. The lowest BCUT2D eigenvalue weighted by Crippen LogP contribution is -2.24. The maximum atomic E-state index is 12.5. The second kappa shape index (κ2) is 15.6. The molecule has 0 saturated carbocycles. The van der Waals surface area contributed by atoms with E-state index in [1.54, 1.807) is 11.5 Å². The minimum Gasteiger partial charge on any atom is -0.247 e. The highest BCUT2D eigenvalue weighted by atomic mass is 79.9. The fourth-order valence-electron chi connectivity index (χ4n) is 4.10. The van der Waals surface area contributed by atoms with Crippen molar-refractivity contribution < 1.29 is 0 Å². The molecule has 11 heteroatoms. The van der Waals surface area contributed by atoms with Gasteiger partial charge in [-0.25, -0.2) is 28.5 Å². The molecule has 0 amide bonds. The van der Waals surface area contributed by atoms with Crippen molar-refractivity contribution in [1.82, 2.24) is 29.1 Å². The van der Waals surface area contributed by atoms with Gasteiger partial charge in [0.25, 0.3) is 0 Å². The van der Waals surface area contributed by atoms with E-state index < -0.39 is 0 Å². The average molecular weight is 769 g/mol. The Morgan fingerprint density at radius 3 is 1.58 bits per heavy atom. The molecule has 2 heterocycles. The van der Waals surface area contributed by atoms with Crippen LogP contribution in [0.15, 0.2) is 128 Å². The molecule has 0 aliphatic heterocycles. The Bertz CT molecular complexity index is 1840. The van der Waals surface area contributed by atoms with Crippen molar-refractivity contribution in [3.8, 4) is 11.4 Å². The van der Waals surface area contributed by atoms with Crippen molar-refractivity contribution in [3.05, 3.63) is 162 Å². The minimum atomic E-state index is -0.218. The molecule has 0 atom stereocenters. The number of aromatic amines is 1. The van der Waals surface area contributed by atoms with Crippen LogP contribution in [-0.4, -0.2) is 29.1 Å². The normalized spacial score (nSPS) is 10.3. The Labute approximate surface area is 274 Å². The van der Waals surface area contributed by atoms with E-state index in [-0.39, 0.29) is 11.4 Å². The third-order valence-corrected chi connectivity index (χ3v) is 7.89. The Hall–Kier alpha value is -3.80. The van der Waals surface area contributed by atoms with Crippen LogP contribution in [0.4, 0.5) is 0 Å². The molecular formula is C32H29Br3N6O2. The predicted octanol–water partition coefficient (Wildman–Crippen LogP) is 7.37. The monoisotopic (exact) mass is 766 g/mol. The number of H-pyrrole nitrogens is 1. The van der Waals surface area contributed by atoms with Crippen molar-refractivity contribution in [2.24, 2.45) is 0 Å². The molecule has 0 spiro atoms. The minimum absolute atomic E-state index is 0.126. The number of hydrogen-bond donors (Lipinski definition) is 1. The van der Waals surface area contributed by atoms with Crippen LogP contribution in [0.5, 0.6) is 0 Å². The third-order valence-electron chi connectivity index (χ3n) is 6.18. The first-order valence-corrected chi connectivity index (χ1v) is 15.9. The zero-order chi connectivity index (χ0) is 30.8. The zero-order valence-corrected chi connectivity index (χ0v) is 28.3. The molecule has 220 valence electrons. The summed E-state index contributed by atoms with van der Waals surface area (Å²) in [4.78, 5) is 23.9. The molecule has 0 bridgehead atoms. The fourth-order valence-corrected chi connectivity index (χ4v) is 5.00. The van der Waals surface area contributed by atoms with Gasteiger partial charge in [-0.15, -0.1) is 0 Å². The fraction of sp³-hybridized carbons (Fsp3) is 0.125. The summed E-state index contributed by atoms with van der Waals surface area (Å²) in [6.45, 7) is 4.09. The summed E-state index contributed by atoms with van der Waals surface area (Å²) in [7, 11) is 0. The van der Waals surface area contributed by atoms with Crippen LogP contribution >= 0.6 is 47.8 Å². The second-order valence-electron chi connectivity index (χ2n) is 9.29. The van der Waals surface area contributed by atoms with Crippen LogP contribution in [0.2, 0.25) is 0 Å². The lowest BCUT2D eigenvalue weighted by Gasteiger charge is -2.02. The molecule has 2 aromatic heterocycles. The molecule has 6 aromatic rings. The summed E-state index contributed by atoms with van der Waals surface area (Å²) < 4.78 is 6.60. The van der Waals surface area contributed by atoms with Gasteiger partial charge in [-0.1, -0.05) is 108 Å². The first kappa shape index (κ1) is 32.1. The quantitative estimate of drug-likeness (QED) is 0.186. The number of rotatable bonds is 5.